The number of fused-ring (bicyclic) bond motifs is 2. The van der Waals surface area contributed by atoms with E-state index in [1.807, 2.05) is 36.7 Å². The first-order valence-electron chi connectivity index (χ1n) is 20.2. The Labute approximate surface area is 373 Å². The van der Waals surface area contributed by atoms with E-state index in [1.165, 1.54) is 30.7 Å². The van der Waals surface area contributed by atoms with Crippen LogP contribution in [0.5, 0.6) is 0 Å². The quantitative estimate of drug-likeness (QED) is 0.0455. The van der Waals surface area contributed by atoms with Gasteiger partial charge in [0.25, 0.3) is 0 Å². The van der Waals surface area contributed by atoms with Crippen LogP contribution in [0.2, 0.25) is 51.4 Å². The number of rotatable bonds is 16. The van der Waals surface area contributed by atoms with Crippen LogP contribution in [-0.4, -0.2) is 68.7 Å². The maximum absolute atomic E-state index is 14.2. The van der Waals surface area contributed by atoms with Crippen molar-refractivity contribution >= 4 is 33.5 Å². The van der Waals surface area contributed by atoms with Gasteiger partial charge in [-0.1, -0.05) is 73.9 Å². The second kappa shape index (κ2) is 26.7. The van der Waals surface area contributed by atoms with Crippen LogP contribution in [0.1, 0.15) is 82.0 Å². The normalized spacial score (nSPS) is 11.6. The average molecular weight is 862 g/mol. The number of aliphatic hydroxyl groups is 1. The van der Waals surface area contributed by atoms with Crippen LogP contribution in [0.3, 0.4) is 0 Å². The minimum atomic E-state index is -1.14. The van der Waals surface area contributed by atoms with E-state index >= 15 is 0 Å². The van der Waals surface area contributed by atoms with Gasteiger partial charge >= 0.3 is 18.9 Å². The number of aromatic nitrogens is 6. The Bertz CT molecular complexity index is 2110. The number of unbranched alkanes of at least 4 members (excludes halogenated alkanes) is 1. The number of aldehydes is 1. The maximum atomic E-state index is 14.2. The Kier molecular flexibility index (Phi) is 24.2. The average Bonchev–Trinajstić information content (AvgIpc) is 4.03. The van der Waals surface area contributed by atoms with Gasteiger partial charge < -0.3 is 39.4 Å². The van der Waals surface area contributed by atoms with Gasteiger partial charge in [0.1, 0.15) is 30.9 Å². The summed E-state index contributed by atoms with van der Waals surface area (Å²) in [4.78, 5) is 19.0. The zero-order valence-corrected chi connectivity index (χ0v) is 39.0. The molecule has 1 atom stereocenters. The maximum Gasteiger partial charge on any atom is 1.00 e. The van der Waals surface area contributed by atoms with Crippen LogP contribution in [0.25, 0.3) is 11.0 Å². The second-order valence-corrected chi connectivity index (χ2v) is 27.7. The molecule has 0 aliphatic carbocycles. The van der Waals surface area contributed by atoms with Gasteiger partial charge in [-0.25, -0.2) is 18.7 Å². The first kappa shape index (κ1) is 54.4. The monoisotopic (exact) mass is 862 g/mol. The number of carbonyl (C=O) groups is 1. The van der Waals surface area contributed by atoms with Crippen LogP contribution in [0.15, 0.2) is 79.6 Å². The van der Waals surface area contributed by atoms with E-state index in [9.17, 15) is 18.7 Å². The van der Waals surface area contributed by atoms with E-state index in [1.54, 1.807) is 56.5 Å². The second-order valence-electron chi connectivity index (χ2n) is 16.4. The summed E-state index contributed by atoms with van der Waals surface area (Å²) in [6.45, 7) is 26.2. The standard InChI is InChI=1S/C20H28FN3O2Si.C11H10FNO.C9H18N2OSi.C4H9.CH4.Li.H2/c1-5-15-6-8-17-16(21)7-9-18(24(15)17)19(25)20-22-10-11-23(20)14-26-12-13-27(2,3)4;1-2-8-4-6-11-10(12)5-3-9(7-14)13(8)11;1-13(2,3)7-6-12-9-11-5-4-10-8-11;1-3-4-2;;;/h6-11,19,25H,5,12-14H2,1-4H3;3-7H,2H2,1H3;4-5,8H,6-7,9H2,1-3H3;1,3-4H2,2H3;1H4;;1H/q;;;-1;;+1;/i;;;;;;1+1. The first-order valence-corrected chi connectivity index (χ1v) is 27.6. The van der Waals surface area contributed by atoms with E-state index in [4.69, 9.17) is 9.47 Å². The molecule has 0 aliphatic heterocycles. The third-order valence-electron chi connectivity index (χ3n) is 9.22. The van der Waals surface area contributed by atoms with Gasteiger partial charge in [-0.15, -0.1) is 0 Å². The predicted molar refractivity (Wildman–Crippen MR) is 245 cm³/mol. The molecular formula is C45H71F2LiN6O4Si2. The van der Waals surface area contributed by atoms with Crippen LogP contribution < -0.4 is 18.9 Å². The smallest absolute Gasteiger partial charge is 0.379 e. The van der Waals surface area contributed by atoms with Gasteiger partial charge in [0.2, 0.25) is 0 Å². The number of aryl methyl sites for hydroxylation is 2. The van der Waals surface area contributed by atoms with Crippen LogP contribution in [-0.2, 0) is 35.8 Å². The number of hydrogen-bond acceptors (Lipinski definition) is 6. The molecule has 328 valence electrons. The van der Waals surface area contributed by atoms with E-state index in [-0.39, 0.29) is 39.3 Å². The van der Waals surface area contributed by atoms with Crippen molar-refractivity contribution in [1.82, 2.24) is 27.9 Å². The summed E-state index contributed by atoms with van der Waals surface area (Å²) in [5.41, 5.74) is 3.91. The molecule has 6 aromatic rings. The van der Waals surface area contributed by atoms with Gasteiger partial charge in [-0.2, -0.15) is 6.42 Å². The number of halogens is 2. The largest absolute Gasteiger partial charge is 1.00 e. The molecule has 0 amide bonds. The summed E-state index contributed by atoms with van der Waals surface area (Å²) in [5, 5.41) is 11.0. The van der Waals surface area contributed by atoms with Crippen molar-refractivity contribution in [3.8, 4) is 0 Å². The molecular weight excluding hydrogens is 790 g/mol. The van der Waals surface area contributed by atoms with E-state index in [0.717, 1.165) is 49.6 Å². The Morgan fingerprint density at radius 1 is 0.800 bits per heavy atom. The Hall–Kier alpha value is -3.62. The molecule has 0 aromatic carbocycles. The van der Waals surface area contributed by atoms with Crippen molar-refractivity contribution in [1.29, 1.82) is 0 Å². The molecule has 6 aromatic heterocycles. The third kappa shape index (κ3) is 16.7. The zero-order valence-electron chi connectivity index (χ0n) is 37.0. The zero-order chi connectivity index (χ0) is 42.9. The fourth-order valence-corrected chi connectivity index (χ4v) is 7.21. The summed E-state index contributed by atoms with van der Waals surface area (Å²) in [5.74, 6) is -0.106. The van der Waals surface area contributed by atoms with E-state index in [0.29, 0.717) is 48.3 Å². The number of aliphatic hydroxyl groups excluding tert-OH is 1. The van der Waals surface area contributed by atoms with E-state index < -0.39 is 22.3 Å². The van der Waals surface area contributed by atoms with Gasteiger partial charge in [0, 0.05) is 67.0 Å². The van der Waals surface area contributed by atoms with Crippen molar-refractivity contribution in [2.45, 2.75) is 125 Å². The predicted octanol–water partition coefficient (Wildman–Crippen LogP) is 8.39. The molecule has 60 heavy (non-hydrogen) atoms. The van der Waals surface area contributed by atoms with Crippen LogP contribution in [0.4, 0.5) is 8.78 Å². The number of ether oxygens (including phenoxy) is 2. The van der Waals surface area contributed by atoms with Crippen LogP contribution >= 0.6 is 0 Å². The van der Waals surface area contributed by atoms with Crippen molar-refractivity contribution in [3.05, 3.63) is 127 Å². The topological polar surface area (TPSA) is 100 Å². The Balaban J connectivity index is 0.000000897. The van der Waals surface area contributed by atoms with Gasteiger partial charge in [-0.3, -0.25) is 4.79 Å². The SMILES string of the molecule is C.CCc1ccc2c(F)ccc(C(O)c3nccn3COCC[Si](C)(C)C)n12.CCc1ccc2c(F)ccc(C=O)n12.C[Si](C)(C)CCOCn1ccnc1.[2HH].[CH2-]CCC.[Li+]. The number of carbonyl (C=O) groups excluding carboxylic acids is 1. The van der Waals surface area contributed by atoms with Gasteiger partial charge in [0.05, 0.1) is 28.7 Å². The molecule has 0 aliphatic rings. The number of pyridine rings is 2. The Morgan fingerprint density at radius 2 is 1.33 bits per heavy atom. The van der Waals surface area contributed by atoms with Crippen molar-refractivity contribution in [3.63, 3.8) is 0 Å². The van der Waals surface area contributed by atoms with Crippen molar-refractivity contribution < 1.29 is 48.4 Å². The molecule has 0 saturated carbocycles. The van der Waals surface area contributed by atoms with Crippen molar-refractivity contribution in [2.24, 2.45) is 0 Å². The first-order chi connectivity index (χ1) is 27.6. The molecule has 0 bridgehead atoms. The summed E-state index contributed by atoms with van der Waals surface area (Å²) < 4.78 is 46.0. The molecule has 0 spiro atoms. The number of imidazole rings is 2. The third-order valence-corrected chi connectivity index (χ3v) is 12.6. The van der Waals surface area contributed by atoms with Gasteiger partial charge in [-0.05, 0) is 73.5 Å². The van der Waals surface area contributed by atoms with E-state index in [2.05, 4.69) is 63.1 Å². The molecule has 10 nitrogen and oxygen atoms in total. The van der Waals surface area contributed by atoms with Crippen molar-refractivity contribution in [2.75, 3.05) is 13.2 Å². The molecule has 0 radical (unpaired) electrons. The molecule has 0 fully saturated rings. The Morgan fingerprint density at radius 3 is 1.83 bits per heavy atom. The summed E-state index contributed by atoms with van der Waals surface area (Å²) >= 11 is 0. The number of hydrogen-bond donors (Lipinski definition) is 1. The molecule has 6 rings (SSSR count). The molecule has 0 saturated heterocycles. The fraction of sp³-hybridized carbons (Fsp3) is 0.467. The molecule has 1 N–H and O–H groups in total. The molecule has 1 unspecified atom stereocenters. The number of nitrogens with zero attached hydrogens (tertiary/aromatic N) is 6. The van der Waals surface area contributed by atoms with Crippen LogP contribution in [0, 0.1) is 18.6 Å². The fourth-order valence-electron chi connectivity index (χ4n) is 5.70. The summed E-state index contributed by atoms with van der Waals surface area (Å²) in [7, 11) is -2.07. The summed E-state index contributed by atoms with van der Waals surface area (Å²) in [6.07, 6.45) is 12.5. The van der Waals surface area contributed by atoms with Gasteiger partial charge in [0.15, 0.2) is 12.4 Å². The molecule has 15 heteroatoms. The minimum absolute atomic E-state index is 0. The minimum Gasteiger partial charge on any atom is -0.379 e. The summed E-state index contributed by atoms with van der Waals surface area (Å²) in [6, 6.07) is 15.3. The molecule has 6 heterocycles.